The second-order valence-electron chi connectivity index (χ2n) is 7.70. The van der Waals surface area contributed by atoms with Crippen LogP contribution in [0.3, 0.4) is 0 Å². The molecule has 1 fully saturated rings. The lowest BCUT2D eigenvalue weighted by atomic mass is 9.90. The van der Waals surface area contributed by atoms with Gasteiger partial charge in [-0.2, -0.15) is 0 Å². The van der Waals surface area contributed by atoms with E-state index in [4.69, 9.17) is 9.72 Å². The molecule has 0 saturated carbocycles. The normalized spacial score (nSPS) is 22.4. The fourth-order valence-electron chi connectivity index (χ4n) is 2.84. The van der Waals surface area contributed by atoms with Gasteiger partial charge in [-0.1, -0.05) is 20.8 Å². The van der Waals surface area contributed by atoms with Crippen LogP contribution in [0.2, 0.25) is 0 Å². The summed E-state index contributed by atoms with van der Waals surface area (Å²) >= 11 is 0. The molecule has 1 aromatic rings. The maximum absolute atomic E-state index is 9.53. The van der Waals surface area contributed by atoms with Crippen molar-refractivity contribution in [1.82, 2.24) is 4.98 Å². The minimum atomic E-state index is -0.184. The summed E-state index contributed by atoms with van der Waals surface area (Å²) in [5.74, 6) is 0.940. The number of nitrogens with zero attached hydrogens (tertiary/aromatic N) is 2. The second-order valence-corrected chi connectivity index (χ2v) is 7.70. The van der Waals surface area contributed by atoms with Crippen molar-refractivity contribution in [2.24, 2.45) is 0 Å². The molecule has 1 aliphatic heterocycles. The predicted molar refractivity (Wildman–Crippen MR) is 85.7 cm³/mol. The largest absolute Gasteiger partial charge is 0.392 e. The molecule has 0 aromatic carbocycles. The molecule has 0 aliphatic carbocycles. The molecule has 1 unspecified atom stereocenters. The van der Waals surface area contributed by atoms with Gasteiger partial charge in [-0.3, -0.25) is 0 Å². The van der Waals surface area contributed by atoms with Gasteiger partial charge in [0, 0.05) is 24.2 Å². The fourth-order valence-corrected chi connectivity index (χ4v) is 2.84. The first-order valence-electron chi connectivity index (χ1n) is 7.66. The van der Waals surface area contributed by atoms with Crippen LogP contribution in [0.5, 0.6) is 0 Å². The number of anilines is 1. The molecule has 2 heterocycles. The number of hydrogen-bond acceptors (Lipinski definition) is 4. The van der Waals surface area contributed by atoms with Crippen molar-refractivity contribution in [3.63, 3.8) is 0 Å². The molecule has 1 N–H and O–H groups in total. The van der Waals surface area contributed by atoms with Gasteiger partial charge in [0.15, 0.2) is 0 Å². The minimum Gasteiger partial charge on any atom is -0.392 e. The zero-order chi connectivity index (χ0) is 15.8. The van der Waals surface area contributed by atoms with Crippen molar-refractivity contribution in [3.05, 3.63) is 23.4 Å². The summed E-state index contributed by atoms with van der Waals surface area (Å²) in [4.78, 5) is 7.10. The molecule has 2 rings (SSSR count). The smallest absolute Gasteiger partial charge is 0.129 e. The van der Waals surface area contributed by atoms with E-state index < -0.39 is 0 Å². The third-order valence-electron chi connectivity index (χ3n) is 3.72. The highest BCUT2D eigenvalue weighted by atomic mass is 16.5. The van der Waals surface area contributed by atoms with E-state index in [1.165, 1.54) is 0 Å². The number of aliphatic hydroxyl groups is 1. The molecule has 0 bridgehead atoms. The number of aliphatic hydroxyl groups excluding tert-OH is 1. The zero-order valence-electron chi connectivity index (χ0n) is 14.1. The molecule has 1 aromatic heterocycles. The second kappa shape index (κ2) is 5.58. The van der Waals surface area contributed by atoms with Gasteiger partial charge in [-0.05, 0) is 38.5 Å². The Kier molecular flexibility index (Phi) is 4.31. The highest BCUT2D eigenvalue weighted by Crippen LogP contribution is 2.29. The Morgan fingerprint density at radius 3 is 2.57 bits per heavy atom. The lowest BCUT2D eigenvalue weighted by Gasteiger charge is -2.42. The molecule has 1 saturated heterocycles. The molecular formula is C17H28N2O2. The van der Waals surface area contributed by atoms with Crippen LogP contribution in [-0.2, 0) is 16.8 Å². The Balaban J connectivity index is 2.38. The number of pyridine rings is 1. The van der Waals surface area contributed by atoms with E-state index in [1.54, 1.807) is 0 Å². The first-order valence-corrected chi connectivity index (χ1v) is 7.66. The lowest BCUT2D eigenvalue weighted by molar-refractivity contribution is -0.0751. The third-order valence-corrected chi connectivity index (χ3v) is 3.72. The molecule has 4 nitrogen and oxygen atoms in total. The first kappa shape index (κ1) is 16.2. The molecule has 1 aliphatic rings. The van der Waals surface area contributed by atoms with Crippen LogP contribution in [0.15, 0.2) is 12.1 Å². The third kappa shape index (κ3) is 3.95. The van der Waals surface area contributed by atoms with Crippen molar-refractivity contribution < 1.29 is 9.84 Å². The van der Waals surface area contributed by atoms with E-state index in [0.29, 0.717) is 0 Å². The first-order chi connectivity index (χ1) is 9.60. The Hall–Kier alpha value is -1.13. The van der Waals surface area contributed by atoms with Crippen LogP contribution < -0.4 is 4.90 Å². The Bertz CT molecular complexity index is 506. The monoisotopic (exact) mass is 292 g/mol. The van der Waals surface area contributed by atoms with E-state index >= 15 is 0 Å². The number of morpholine rings is 1. The summed E-state index contributed by atoms with van der Waals surface area (Å²) in [6.45, 7) is 14.4. The average molecular weight is 292 g/mol. The summed E-state index contributed by atoms with van der Waals surface area (Å²) in [6, 6.07) is 3.99. The van der Waals surface area contributed by atoms with Gasteiger partial charge in [0.25, 0.3) is 0 Å². The van der Waals surface area contributed by atoms with Crippen molar-refractivity contribution >= 4 is 5.82 Å². The summed E-state index contributed by atoms with van der Waals surface area (Å²) in [6.07, 6.45) is 0.173. The van der Waals surface area contributed by atoms with Crippen molar-refractivity contribution in [1.29, 1.82) is 0 Å². The van der Waals surface area contributed by atoms with E-state index in [0.717, 1.165) is 30.2 Å². The van der Waals surface area contributed by atoms with Gasteiger partial charge >= 0.3 is 0 Å². The van der Waals surface area contributed by atoms with Crippen LogP contribution in [0.25, 0.3) is 0 Å². The van der Waals surface area contributed by atoms with E-state index in [2.05, 4.69) is 46.4 Å². The highest BCUT2D eigenvalue weighted by Gasteiger charge is 2.32. The van der Waals surface area contributed by atoms with Crippen molar-refractivity contribution in [3.8, 4) is 0 Å². The van der Waals surface area contributed by atoms with Crippen molar-refractivity contribution in [2.75, 3.05) is 18.0 Å². The van der Waals surface area contributed by atoms with Crippen LogP contribution in [0, 0.1) is 0 Å². The molecule has 21 heavy (non-hydrogen) atoms. The Morgan fingerprint density at radius 2 is 2.05 bits per heavy atom. The van der Waals surface area contributed by atoms with Gasteiger partial charge in [0.2, 0.25) is 0 Å². The lowest BCUT2D eigenvalue weighted by Crippen LogP contribution is -2.52. The van der Waals surface area contributed by atoms with Gasteiger partial charge < -0.3 is 14.7 Å². The number of hydrogen-bond donors (Lipinski definition) is 1. The number of ether oxygens (including phenoxy) is 1. The molecule has 1 atom stereocenters. The standard InChI is InChI=1S/C17H28N2O2/c1-12-9-19(11-17(5,6)21-12)15-8-13(10-20)7-14(18-15)16(2,3)4/h7-8,12,20H,9-11H2,1-6H3. The van der Waals surface area contributed by atoms with Crippen LogP contribution in [0.4, 0.5) is 5.82 Å². The molecule has 0 spiro atoms. The SMILES string of the molecule is CC1CN(c2cc(CO)cc(C(C)(C)C)n2)CC(C)(C)O1. The van der Waals surface area contributed by atoms with Crippen molar-refractivity contribution in [2.45, 2.75) is 65.3 Å². The molecular weight excluding hydrogens is 264 g/mol. The maximum atomic E-state index is 9.53. The van der Waals surface area contributed by atoms with Crippen LogP contribution in [0.1, 0.15) is 52.8 Å². The molecule has 118 valence electrons. The summed E-state index contributed by atoms with van der Waals surface area (Å²) < 4.78 is 5.96. The fraction of sp³-hybridized carbons (Fsp3) is 0.706. The van der Waals surface area contributed by atoms with Gasteiger partial charge in [0.05, 0.1) is 18.3 Å². The van der Waals surface area contributed by atoms with Gasteiger partial charge in [-0.25, -0.2) is 4.98 Å². The molecule has 4 heteroatoms. The summed E-state index contributed by atoms with van der Waals surface area (Å²) in [7, 11) is 0. The van der Waals surface area contributed by atoms with Crippen LogP contribution in [-0.4, -0.2) is 34.9 Å². The van der Waals surface area contributed by atoms with E-state index in [1.807, 2.05) is 12.1 Å². The van der Waals surface area contributed by atoms with Crippen LogP contribution >= 0.6 is 0 Å². The van der Waals surface area contributed by atoms with Gasteiger partial charge in [-0.15, -0.1) is 0 Å². The maximum Gasteiger partial charge on any atom is 0.129 e. The topological polar surface area (TPSA) is 45.6 Å². The molecule has 0 amide bonds. The number of aromatic nitrogens is 1. The summed E-state index contributed by atoms with van der Waals surface area (Å²) in [5, 5.41) is 9.53. The number of rotatable bonds is 2. The average Bonchev–Trinajstić information content (AvgIpc) is 2.34. The minimum absolute atomic E-state index is 0.0344. The highest BCUT2D eigenvalue weighted by molar-refractivity contribution is 5.45. The van der Waals surface area contributed by atoms with E-state index in [9.17, 15) is 5.11 Å². The summed E-state index contributed by atoms with van der Waals surface area (Å²) in [5.41, 5.74) is 1.71. The Labute approximate surface area is 128 Å². The van der Waals surface area contributed by atoms with E-state index in [-0.39, 0.29) is 23.7 Å². The zero-order valence-corrected chi connectivity index (χ0v) is 14.1. The quantitative estimate of drug-likeness (QED) is 0.910. The molecule has 0 radical (unpaired) electrons. The predicted octanol–water partition coefficient (Wildman–Crippen LogP) is 2.88. The Morgan fingerprint density at radius 1 is 1.38 bits per heavy atom. The van der Waals surface area contributed by atoms with Gasteiger partial charge in [0.1, 0.15) is 5.82 Å².